The average Bonchev–Trinajstić information content (AvgIpc) is 3.30. The number of nitrogens with one attached hydrogen (secondary N) is 2. The van der Waals surface area contributed by atoms with Gasteiger partial charge in [-0.3, -0.25) is 9.89 Å². The van der Waals surface area contributed by atoms with E-state index in [1.807, 2.05) is 18.2 Å². The van der Waals surface area contributed by atoms with Gasteiger partial charge in [0.1, 0.15) is 11.6 Å². The van der Waals surface area contributed by atoms with Gasteiger partial charge < -0.3 is 5.32 Å². The number of rotatable bonds is 8. The van der Waals surface area contributed by atoms with Crippen LogP contribution in [0.4, 0.5) is 8.78 Å². The summed E-state index contributed by atoms with van der Waals surface area (Å²) in [5.41, 5.74) is 2.09. The molecule has 0 radical (unpaired) electrons. The second kappa shape index (κ2) is 9.17. The Hall–Kier alpha value is -2.95. The van der Waals surface area contributed by atoms with Crippen molar-refractivity contribution in [3.63, 3.8) is 0 Å². The van der Waals surface area contributed by atoms with Crippen molar-refractivity contribution >= 4 is 15.8 Å². The molecule has 1 aliphatic carbocycles. The number of H-pyrrole nitrogens is 1. The summed E-state index contributed by atoms with van der Waals surface area (Å²) in [6.07, 6.45) is 3.55. The Morgan fingerprint density at radius 2 is 1.86 bits per heavy atom. The molecule has 2 aromatic carbocycles. The summed E-state index contributed by atoms with van der Waals surface area (Å²) in [6.45, 7) is 3.91. The van der Waals surface area contributed by atoms with Crippen molar-refractivity contribution in [3.05, 3.63) is 82.2 Å². The van der Waals surface area contributed by atoms with E-state index in [0.717, 1.165) is 30.5 Å². The largest absolute Gasteiger partial charge is 0.310 e. The van der Waals surface area contributed by atoms with E-state index in [1.165, 1.54) is 10.7 Å². The number of ketones is 1. The van der Waals surface area contributed by atoms with Crippen molar-refractivity contribution in [2.24, 2.45) is 0 Å². The molecule has 0 amide bonds. The Morgan fingerprint density at radius 3 is 2.53 bits per heavy atom. The molecule has 7 nitrogen and oxygen atoms in total. The van der Waals surface area contributed by atoms with Gasteiger partial charge in [0.15, 0.2) is 5.78 Å². The van der Waals surface area contributed by atoms with Gasteiger partial charge in [-0.05, 0) is 44.4 Å². The predicted octanol–water partition coefficient (Wildman–Crippen LogP) is 4.20. The third kappa shape index (κ3) is 4.38. The van der Waals surface area contributed by atoms with Crippen LogP contribution >= 0.6 is 0 Å². The molecule has 1 saturated carbocycles. The van der Waals surface area contributed by atoms with Crippen LogP contribution in [0.25, 0.3) is 0 Å². The fourth-order valence-electron chi connectivity index (χ4n) is 4.94. The number of aromatic amines is 1. The number of nitrogens with zero attached hydrogens (tertiary/aromatic N) is 2. The van der Waals surface area contributed by atoms with E-state index in [9.17, 15) is 22.0 Å². The average molecular weight is 515 g/mol. The van der Waals surface area contributed by atoms with Gasteiger partial charge in [-0.2, -0.15) is 9.40 Å². The lowest BCUT2D eigenvalue weighted by molar-refractivity contribution is 0.0990. The van der Waals surface area contributed by atoms with E-state index in [2.05, 4.69) is 15.5 Å². The first-order valence-corrected chi connectivity index (χ1v) is 13.4. The lowest BCUT2D eigenvalue weighted by Gasteiger charge is -2.30. The molecule has 5 rings (SSSR count). The van der Waals surface area contributed by atoms with Gasteiger partial charge >= 0.3 is 0 Å². The second-order valence-electron chi connectivity index (χ2n) is 9.97. The molecule has 2 N–H and O–H groups in total. The SMILES string of the molecule is CC1(C)c2n[nH]c(CC(=O)c3ccccc3CNC3CCC3)c2CN1S(=O)(=O)c1cc(F)cc(F)c1. The number of Topliss-reactive ketones (excluding diaryl/α,β-unsaturated/α-hetero) is 1. The van der Waals surface area contributed by atoms with Crippen LogP contribution in [0.5, 0.6) is 0 Å². The molecule has 2 aliphatic rings. The number of benzene rings is 2. The number of carbonyl (C=O) groups is 1. The first-order valence-electron chi connectivity index (χ1n) is 12.0. The quantitative estimate of drug-likeness (QED) is 0.440. The zero-order valence-corrected chi connectivity index (χ0v) is 21.0. The summed E-state index contributed by atoms with van der Waals surface area (Å²) in [7, 11) is -4.24. The summed E-state index contributed by atoms with van der Waals surface area (Å²) in [4.78, 5) is 12.8. The van der Waals surface area contributed by atoms with Crippen molar-refractivity contribution in [1.29, 1.82) is 0 Å². The normalized spacial score (nSPS) is 17.7. The van der Waals surface area contributed by atoms with Crippen LogP contribution in [0.15, 0.2) is 47.4 Å². The van der Waals surface area contributed by atoms with Crippen molar-refractivity contribution in [2.75, 3.05) is 0 Å². The minimum Gasteiger partial charge on any atom is -0.310 e. The van der Waals surface area contributed by atoms with E-state index < -0.39 is 32.1 Å². The molecule has 10 heteroatoms. The Labute approximate surface area is 209 Å². The van der Waals surface area contributed by atoms with Gasteiger partial charge in [0.2, 0.25) is 10.0 Å². The van der Waals surface area contributed by atoms with Crippen LogP contribution in [-0.4, -0.2) is 34.7 Å². The minimum atomic E-state index is -4.24. The third-order valence-corrected chi connectivity index (χ3v) is 9.22. The fraction of sp³-hybridized carbons (Fsp3) is 0.385. The summed E-state index contributed by atoms with van der Waals surface area (Å²) in [5, 5.41) is 10.8. The van der Waals surface area contributed by atoms with Gasteiger partial charge in [-0.15, -0.1) is 0 Å². The second-order valence-corrected chi connectivity index (χ2v) is 11.8. The number of hydrogen-bond acceptors (Lipinski definition) is 5. The van der Waals surface area contributed by atoms with E-state index in [-0.39, 0.29) is 18.7 Å². The van der Waals surface area contributed by atoms with E-state index in [1.54, 1.807) is 19.9 Å². The van der Waals surface area contributed by atoms with Gasteiger partial charge in [-0.25, -0.2) is 17.2 Å². The van der Waals surface area contributed by atoms with Gasteiger partial charge in [0, 0.05) is 42.0 Å². The van der Waals surface area contributed by atoms with E-state index in [4.69, 9.17) is 0 Å². The fourth-order valence-corrected chi connectivity index (χ4v) is 6.71. The molecule has 190 valence electrons. The first kappa shape index (κ1) is 24.7. The monoisotopic (exact) mass is 514 g/mol. The van der Waals surface area contributed by atoms with Crippen LogP contribution in [0, 0.1) is 11.6 Å². The number of hydrogen-bond donors (Lipinski definition) is 2. The molecule has 3 aromatic rings. The Balaban J connectivity index is 1.39. The molecular formula is C26H28F2N4O3S. The highest BCUT2D eigenvalue weighted by atomic mass is 32.2. The van der Waals surface area contributed by atoms with Gasteiger partial charge in [0.05, 0.1) is 22.5 Å². The molecule has 0 bridgehead atoms. The molecule has 0 atom stereocenters. The highest BCUT2D eigenvalue weighted by Gasteiger charge is 2.48. The minimum absolute atomic E-state index is 0.0291. The summed E-state index contributed by atoms with van der Waals surface area (Å²) < 4.78 is 55.5. The Kier molecular flexibility index (Phi) is 6.30. The van der Waals surface area contributed by atoms with Crippen LogP contribution in [0.1, 0.15) is 66.0 Å². The molecule has 36 heavy (non-hydrogen) atoms. The highest BCUT2D eigenvalue weighted by molar-refractivity contribution is 7.89. The van der Waals surface area contributed by atoms with Gasteiger partial charge in [-0.1, -0.05) is 30.7 Å². The van der Waals surface area contributed by atoms with Crippen LogP contribution in [-0.2, 0) is 35.1 Å². The van der Waals surface area contributed by atoms with Crippen LogP contribution in [0.2, 0.25) is 0 Å². The van der Waals surface area contributed by atoms with Crippen LogP contribution in [0.3, 0.4) is 0 Å². The first-order chi connectivity index (χ1) is 17.1. The Morgan fingerprint density at radius 1 is 1.17 bits per heavy atom. The molecule has 1 aliphatic heterocycles. The number of sulfonamides is 1. The summed E-state index contributed by atoms with van der Waals surface area (Å²) in [6, 6.07) is 10.2. The molecule has 0 saturated heterocycles. The lowest BCUT2D eigenvalue weighted by Crippen LogP contribution is -2.40. The molecule has 0 spiro atoms. The van der Waals surface area contributed by atoms with E-state index >= 15 is 0 Å². The third-order valence-electron chi connectivity index (χ3n) is 7.22. The number of halogens is 2. The molecule has 2 heterocycles. The maximum Gasteiger partial charge on any atom is 0.244 e. The topological polar surface area (TPSA) is 95.2 Å². The number of aromatic nitrogens is 2. The maximum atomic E-state index is 13.8. The van der Waals surface area contributed by atoms with E-state index in [0.29, 0.717) is 41.2 Å². The molecule has 0 unspecified atom stereocenters. The highest BCUT2D eigenvalue weighted by Crippen LogP contribution is 2.42. The molecule has 1 aromatic heterocycles. The molecule has 1 fully saturated rings. The van der Waals surface area contributed by atoms with Gasteiger partial charge in [0.25, 0.3) is 0 Å². The number of carbonyl (C=O) groups excluding carboxylic acids is 1. The standard InChI is InChI=1S/C26H28F2N4O3S/c1-26(2)25-22(15-32(26)36(34,35)20-11-17(27)10-18(28)12-20)23(30-31-25)13-24(33)21-9-4-3-6-16(21)14-29-19-7-5-8-19/h3-4,6,9-12,19,29H,5,7-8,13-15H2,1-2H3,(H,30,31). The zero-order chi connectivity index (χ0) is 25.7. The van der Waals surface area contributed by atoms with Crippen molar-refractivity contribution < 1.29 is 22.0 Å². The van der Waals surface area contributed by atoms with Crippen molar-refractivity contribution in [3.8, 4) is 0 Å². The Bertz CT molecular complexity index is 1410. The molecular weight excluding hydrogens is 486 g/mol. The maximum absolute atomic E-state index is 13.8. The zero-order valence-electron chi connectivity index (χ0n) is 20.1. The number of fused-ring (bicyclic) bond motifs is 1. The van der Waals surface area contributed by atoms with Crippen molar-refractivity contribution in [1.82, 2.24) is 19.8 Å². The smallest absolute Gasteiger partial charge is 0.244 e. The summed E-state index contributed by atoms with van der Waals surface area (Å²) in [5.74, 6) is -2.04. The summed E-state index contributed by atoms with van der Waals surface area (Å²) >= 11 is 0. The predicted molar refractivity (Wildman–Crippen MR) is 130 cm³/mol. The van der Waals surface area contributed by atoms with Crippen LogP contribution < -0.4 is 5.32 Å². The van der Waals surface area contributed by atoms with Crippen molar-refractivity contribution in [2.45, 2.75) is 69.1 Å². The lowest BCUT2D eigenvalue weighted by atomic mass is 9.92.